The van der Waals surface area contributed by atoms with Crippen molar-refractivity contribution in [3.63, 3.8) is 0 Å². The van der Waals surface area contributed by atoms with Crippen LogP contribution in [-0.4, -0.2) is 118 Å². The van der Waals surface area contributed by atoms with Crippen LogP contribution in [-0.2, 0) is 0 Å². The van der Waals surface area contributed by atoms with Crippen molar-refractivity contribution in [3.8, 4) is 0 Å². The Morgan fingerprint density at radius 1 is 0.302 bits per heavy atom. The van der Waals surface area contributed by atoms with Gasteiger partial charge >= 0.3 is 94.1 Å². The summed E-state index contributed by atoms with van der Waals surface area (Å²) in [6, 6.07) is 34.6. The second-order valence-electron chi connectivity index (χ2n) is 14.7. The molecule has 20 nitrogen and oxygen atoms in total. The van der Waals surface area contributed by atoms with E-state index >= 15 is 0 Å². The van der Waals surface area contributed by atoms with Crippen molar-refractivity contribution < 1.29 is 119 Å². The zero-order valence-electron chi connectivity index (χ0n) is 43.7. The molecule has 0 fully saturated rings. The number of aromatic carboxylic acids is 4. The summed E-state index contributed by atoms with van der Waals surface area (Å²) in [6.07, 6.45) is 22.1. The first kappa shape index (κ1) is 84.3. The van der Waals surface area contributed by atoms with Gasteiger partial charge in [0.25, 0.3) is 0 Å². The third kappa shape index (κ3) is 36.1. The van der Waals surface area contributed by atoms with Gasteiger partial charge in [0.05, 0.1) is 45.2 Å². The van der Waals surface area contributed by atoms with Crippen LogP contribution in [0.25, 0.3) is 0 Å². The van der Waals surface area contributed by atoms with Crippen molar-refractivity contribution in [2.75, 3.05) is 21.4 Å². The van der Waals surface area contributed by atoms with Gasteiger partial charge in [-0.2, -0.15) is 0 Å². The molecule has 6 heterocycles. The van der Waals surface area contributed by atoms with E-state index in [1.165, 1.54) is 97.1 Å². The van der Waals surface area contributed by atoms with Crippen LogP contribution in [0.5, 0.6) is 0 Å². The van der Waals surface area contributed by atoms with Crippen molar-refractivity contribution in [1.29, 1.82) is 0 Å². The number of hydrogen-bond acceptors (Lipinski definition) is 14. The molecule has 10 rings (SSSR count). The molecule has 0 aliphatic carbocycles. The summed E-state index contributed by atoms with van der Waals surface area (Å²) in [5.41, 5.74) is 0.572. The summed E-state index contributed by atoms with van der Waals surface area (Å²) in [7, 11) is -2.25. The van der Waals surface area contributed by atoms with Crippen molar-refractivity contribution in [1.82, 2.24) is 58.1 Å². The average molecular weight is 1700 g/mol. The molecule has 0 aliphatic heterocycles. The van der Waals surface area contributed by atoms with E-state index in [2.05, 4.69) is 30.6 Å². The zero-order chi connectivity index (χ0) is 62.7. The smallest absolute Gasteiger partial charge is 0.545 e. The van der Waals surface area contributed by atoms with E-state index in [0.29, 0.717) is 20.1 Å². The van der Waals surface area contributed by atoms with Crippen molar-refractivity contribution >= 4 is 177 Å². The van der Waals surface area contributed by atoms with Crippen molar-refractivity contribution in [3.05, 3.63) is 250 Å². The fourth-order valence-corrected chi connectivity index (χ4v) is 6.55. The van der Waals surface area contributed by atoms with Gasteiger partial charge in [0.15, 0.2) is 0 Å². The summed E-state index contributed by atoms with van der Waals surface area (Å²) < 4.78 is 11.2. The summed E-state index contributed by atoms with van der Waals surface area (Å²) in [6.45, 7) is 0. The summed E-state index contributed by atoms with van der Waals surface area (Å²) in [5, 5.41) is 69.0. The second kappa shape index (κ2) is 52.1. The second-order valence-corrected chi connectivity index (χ2v) is 19.7. The standard InChI is InChI=1S/2C9H10BN6.4C7H5ClO2.4CH2Cl2.2Gd/c2*1-4-11-14(7-1)10(15-8-2-5-12-15)16-9-3-6-13-16;4*8-6-3-1-5(2-4-6)7(9)10;4*2-1-3;;/h2*1-10H;4*1-4H,(H,9,10);4*1H2;;/q2*-1;;;;;;;;;2*+3/p-4. The molecule has 0 unspecified atom stereocenters. The van der Waals surface area contributed by atoms with Crippen LogP contribution in [0.1, 0.15) is 41.4 Å². The number of carbonyl (C=O) groups excluding carboxylic acids is 4. The van der Waals surface area contributed by atoms with E-state index in [9.17, 15) is 39.6 Å². The molecule has 0 saturated heterocycles. The predicted octanol–water partition coefficient (Wildman–Crippen LogP) is 8.38. The minimum absolute atomic E-state index is 0. The molecule has 86 heavy (non-hydrogen) atoms. The Balaban J connectivity index is 0. The van der Waals surface area contributed by atoms with E-state index in [1.807, 2.05) is 101 Å². The van der Waals surface area contributed by atoms with Gasteiger partial charge in [-0.1, -0.05) is 94.9 Å². The van der Waals surface area contributed by atoms with Gasteiger partial charge in [-0.3, -0.25) is 0 Å². The molecule has 0 aliphatic rings. The van der Waals surface area contributed by atoms with Crippen LogP contribution in [0.3, 0.4) is 0 Å². The maximum absolute atomic E-state index is 10.2. The third-order valence-corrected chi connectivity index (χ3v) is 10.4. The van der Waals surface area contributed by atoms with E-state index in [0.717, 1.165) is 0 Å². The average Bonchev–Trinajstić information content (AvgIpc) is 4.31. The number of halogens is 12. The molecule has 6 aromatic heterocycles. The Morgan fingerprint density at radius 2 is 0.430 bits per heavy atom. The summed E-state index contributed by atoms with van der Waals surface area (Å²) in [5.74, 6) is -4.73. The minimum Gasteiger partial charge on any atom is -0.545 e. The number of benzene rings is 4. The first-order chi connectivity index (χ1) is 40.3. The number of hydrogen-bond donors (Lipinski definition) is 0. The molecular formula is C50H44B2Cl12Gd2N12O8. The van der Waals surface area contributed by atoms with Gasteiger partial charge < -0.3 is 67.2 Å². The molecular weight excluding hydrogens is 1660 g/mol. The molecule has 0 atom stereocenters. The molecule has 0 spiro atoms. The van der Waals surface area contributed by atoms with Gasteiger partial charge in [0.2, 0.25) is 0 Å². The first-order valence-electron chi connectivity index (χ1n) is 23.0. The molecule has 0 N–H and O–H groups in total. The van der Waals surface area contributed by atoms with E-state index in [1.54, 1.807) is 37.2 Å². The maximum atomic E-state index is 10.2. The number of carboxylic acid groups (broad SMARTS) is 4. The quantitative estimate of drug-likeness (QED) is 0.0920. The molecule has 0 bridgehead atoms. The first-order valence-corrected chi connectivity index (χ1v) is 28.8. The molecule has 0 amide bonds. The zero-order valence-corrected chi connectivity index (χ0v) is 57.4. The van der Waals surface area contributed by atoms with Crippen LogP contribution < -0.4 is 20.4 Å². The van der Waals surface area contributed by atoms with Gasteiger partial charge in [-0.15, -0.1) is 92.8 Å². The number of aromatic nitrogens is 12. The number of carboxylic acids is 4. The number of carbonyl (C=O) groups is 4. The summed E-state index contributed by atoms with van der Waals surface area (Å²) in [4.78, 5) is 40.6. The third-order valence-electron chi connectivity index (χ3n) is 9.41. The van der Waals surface area contributed by atoms with Crippen LogP contribution in [0, 0.1) is 79.9 Å². The Morgan fingerprint density at radius 3 is 0.523 bits per heavy atom. The Bertz CT molecular complexity index is 2740. The Kier molecular flexibility index (Phi) is 51.1. The molecule has 36 heteroatoms. The Labute approximate surface area is 618 Å². The molecule has 10 aromatic rings. The predicted molar refractivity (Wildman–Crippen MR) is 329 cm³/mol. The van der Waals surface area contributed by atoms with Crippen LogP contribution in [0.4, 0.5) is 0 Å². The van der Waals surface area contributed by atoms with Crippen molar-refractivity contribution in [2.45, 2.75) is 0 Å². The number of alkyl halides is 8. The minimum atomic E-state index is -1.18. The van der Waals surface area contributed by atoms with Crippen LogP contribution >= 0.6 is 139 Å². The van der Waals surface area contributed by atoms with Gasteiger partial charge in [0.1, 0.15) is 0 Å². The topological polar surface area (TPSA) is 267 Å². The van der Waals surface area contributed by atoms with E-state index in [4.69, 9.17) is 139 Å². The monoisotopic (exact) mass is 1700 g/mol. The van der Waals surface area contributed by atoms with Crippen LogP contribution in [0.15, 0.2) is 208 Å². The van der Waals surface area contributed by atoms with E-state index < -0.39 is 38.1 Å². The fourth-order valence-electron chi connectivity index (χ4n) is 6.04. The number of nitrogens with zero attached hydrogens (tertiary/aromatic N) is 12. The van der Waals surface area contributed by atoms with Gasteiger partial charge in [-0.05, 0) is 144 Å². The Hall–Kier alpha value is -3.72. The van der Waals surface area contributed by atoms with Crippen LogP contribution in [0.2, 0.25) is 20.1 Å². The normalized spacial score (nSPS) is 9.28. The molecule has 2 radical (unpaired) electrons. The van der Waals surface area contributed by atoms with E-state index in [-0.39, 0.29) is 123 Å². The largest absolute Gasteiger partial charge is 3.00 e. The number of rotatable bonds is 10. The summed E-state index contributed by atoms with van der Waals surface area (Å²) >= 11 is 60.1. The molecule has 4 aromatic carbocycles. The molecule has 458 valence electrons. The van der Waals surface area contributed by atoms with Gasteiger partial charge in [-0.25, -0.2) is 30.6 Å². The maximum Gasteiger partial charge on any atom is 3.00 e. The van der Waals surface area contributed by atoms with Crippen molar-refractivity contribution in [2.24, 2.45) is 0 Å². The SMILES string of the molecule is ClCCl.ClCCl.ClCCl.ClCCl.O=C([O-])c1ccc(Cl)cc1.O=C([O-])c1ccc(Cl)cc1.O=C([O-])c1ccc(Cl)cc1.O=C([O-])c1ccc(Cl)cc1.[Gd+3].[Gd+3].c1cnn([BH-](n2cccn2)n2cccn2)c1.c1cnn([BH-](n2cccn2)n2cccn2)c1. The van der Waals surface area contributed by atoms with Gasteiger partial charge in [0, 0.05) is 57.3 Å². The molecule has 0 saturated carbocycles. The fraction of sp³-hybridized carbons (Fsp3) is 0.0800.